The van der Waals surface area contributed by atoms with Gasteiger partial charge in [0.05, 0.1) is 11.1 Å². The molecular formula is C14H14N4OS. The van der Waals surface area contributed by atoms with E-state index in [0.717, 1.165) is 15.6 Å². The van der Waals surface area contributed by atoms with E-state index in [9.17, 15) is 4.79 Å². The van der Waals surface area contributed by atoms with Crippen LogP contribution in [-0.2, 0) is 13.6 Å². The number of amides is 1. The van der Waals surface area contributed by atoms with E-state index >= 15 is 0 Å². The maximum atomic E-state index is 12.1. The summed E-state index contributed by atoms with van der Waals surface area (Å²) in [5.41, 5.74) is 7.43. The van der Waals surface area contributed by atoms with E-state index in [4.69, 9.17) is 5.73 Å². The van der Waals surface area contributed by atoms with E-state index in [1.54, 1.807) is 10.9 Å². The number of carbonyl (C=O) groups excluding carboxylic acids is 1. The van der Waals surface area contributed by atoms with Gasteiger partial charge in [-0.15, -0.1) is 11.3 Å². The Morgan fingerprint density at radius 1 is 1.45 bits per heavy atom. The highest BCUT2D eigenvalue weighted by atomic mass is 32.1. The molecule has 0 aliphatic carbocycles. The number of hydrogen-bond donors (Lipinski definition) is 2. The number of aryl methyl sites for hydroxylation is 1. The molecule has 3 aromatic rings. The molecular weight excluding hydrogens is 272 g/mol. The lowest BCUT2D eigenvalue weighted by atomic mass is 10.2. The molecule has 0 saturated carbocycles. The number of nitrogens with zero attached hydrogens (tertiary/aromatic N) is 2. The van der Waals surface area contributed by atoms with Crippen molar-refractivity contribution in [1.82, 2.24) is 15.1 Å². The molecule has 0 aliphatic heterocycles. The zero-order chi connectivity index (χ0) is 14.1. The second kappa shape index (κ2) is 4.97. The number of hydrogen-bond acceptors (Lipinski definition) is 4. The number of thiophene rings is 1. The quantitative estimate of drug-likeness (QED) is 0.725. The van der Waals surface area contributed by atoms with Crippen LogP contribution in [-0.4, -0.2) is 15.7 Å². The summed E-state index contributed by atoms with van der Waals surface area (Å²) < 4.78 is 2.77. The van der Waals surface area contributed by atoms with Crippen molar-refractivity contribution in [2.24, 2.45) is 7.05 Å². The average Bonchev–Trinajstić information content (AvgIpc) is 3.01. The zero-order valence-electron chi connectivity index (χ0n) is 11.0. The number of anilines is 1. The first-order valence-electron chi connectivity index (χ1n) is 6.16. The summed E-state index contributed by atoms with van der Waals surface area (Å²) in [6.45, 7) is 0.475. The van der Waals surface area contributed by atoms with Crippen LogP contribution >= 0.6 is 11.3 Å². The second-order valence-corrected chi connectivity index (χ2v) is 5.70. The molecule has 2 heterocycles. The normalized spacial score (nSPS) is 10.8. The number of aromatic nitrogens is 2. The van der Waals surface area contributed by atoms with Crippen molar-refractivity contribution in [3.05, 3.63) is 47.1 Å². The molecule has 3 rings (SSSR count). The average molecular weight is 286 g/mol. The Kier molecular flexibility index (Phi) is 3.15. The van der Waals surface area contributed by atoms with E-state index in [0.29, 0.717) is 17.1 Å². The maximum Gasteiger partial charge on any atom is 0.261 e. The predicted molar refractivity (Wildman–Crippen MR) is 80.6 cm³/mol. The van der Waals surface area contributed by atoms with Gasteiger partial charge < -0.3 is 11.1 Å². The molecule has 0 bridgehead atoms. The maximum absolute atomic E-state index is 12.1. The first-order valence-corrected chi connectivity index (χ1v) is 6.98. The van der Waals surface area contributed by atoms with Crippen molar-refractivity contribution in [3.63, 3.8) is 0 Å². The Morgan fingerprint density at radius 2 is 2.30 bits per heavy atom. The molecule has 0 atom stereocenters. The molecule has 1 amide bonds. The topological polar surface area (TPSA) is 72.9 Å². The van der Waals surface area contributed by atoms with Gasteiger partial charge in [-0.1, -0.05) is 0 Å². The highest BCUT2D eigenvalue weighted by Gasteiger charge is 2.10. The summed E-state index contributed by atoms with van der Waals surface area (Å²) in [7, 11) is 1.85. The number of fused-ring (bicyclic) bond motifs is 1. The van der Waals surface area contributed by atoms with Gasteiger partial charge in [-0.2, -0.15) is 5.10 Å². The fraction of sp³-hybridized carbons (Fsp3) is 0.143. The summed E-state index contributed by atoms with van der Waals surface area (Å²) in [6, 6.07) is 7.53. The van der Waals surface area contributed by atoms with Gasteiger partial charge in [0.15, 0.2) is 0 Å². The van der Waals surface area contributed by atoms with E-state index < -0.39 is 0 Å². The third-order valence-corrected chi connectivity index (χ3v) is 4.09. The van der Waals surface area contributed by atoms with E-state index in [1.807, 2.05) is 37.5 Å². The molecule has 20 heavy (non-hydrogen) atoms. The van der Waals surface area contributed by atoms with Crippen LogP contribution in [0.3, 0.4) is 0 Å². The molecule has 0 aliphatic rings. The molecule has 5 nitrogen and oxygen atoms in total. The van der Waals surface area contributed by atoms with Crippen molar-refractivity contribution in [2.75, 3.05) is 5.73 Å². The minimum absolute atomic E-state index is 0.0753. The molecule has 0 saturated heterocycles. The fourth-order valence-corrected chi connectivity index (χ4v) is 2.97. The van der Waals surface area contributed by atoms with Gasteiger partial charge in [0.25, 0.3) is 5.91 Å². The summed E-state index contributed by atoms with van der Waals surface area (Å²) in [5, 5.41) is 7.96. The van der Waals surface area contributed by atoms with Gasteiger partial charge in [-0.25, -0.2) is 0 Å². The Morgan fingerprint density at radius 3 is 3.05 bits per heavy atom. The molecule has 2 aromatic heterocycles. The minimum Gasteiger partial charge on any atom is -0.399 e. The van der Waals surface area contributed by atoms with Crippen LogP contribution < -0.4 is 11.1 Å². The lowest BCUT2D eigenvalue weighted by Crippen LogP contribution is -2.21. The van der Waals surface area contributed by atoms with Crippen LogP contribution in [0, 0.1) is 0 Å². The van der Waals surface area contributed by atoms with Crippen molar-refractivity contribution >= 4 is 33.0 Å². The van der Waals surface area contributed by atoms with Crippen molar-refractivity contribution in [3.8, 4) is 0 Å². The number of rotatable bonds is 3. The van der Waals surface area contributed by atoms with Crippen LogP contribution in [0.1, 0.15) is 15.2 Å². The van der Waals surface area contributed by atoms with Gasteiger partial charge in [-0.05, 0) is 29.7 Å². The Bertz CT molecular complexity index is 774. The molecule has 0 radical (unpaired) electrons. The molecule has 0 fully saturated rings. The molecule has 6 heteroatoms. The van der Waals surface area contributed by atoms with Crippen molar-refractivity contribution < 1.29 is 4.79 Å². The summed E-state index contributed by atoms with van der Waals surface area (Å²) in [4.78, 5) is 12.8. The van der Waals surface area contributed by atoms with Gasteiger partial charge in [0, 0.05) is 35.7 Å². The first-order chi connectivity index (χ1) is 9.61. The summed E-state index contributed by atoms with van der Waals surface area (Å²) >= 11 is 1.47. The monoisotopic (exact) mass is 286 g/mol. The highest BCUT2D eigenvalue weighted by molar-refractivity contribution is 7.20. The smallest absolute Gasteiger partial charge is 0.261 e. The van der Waals surface area contributed by atoms with Crippen LogP contribution in [0.5, 0.6) is 0 Å². The third kappa shape index (κ3) is 2.50. The van der Waals surface area contributed by atoms with Crippen molar-refractivity contribution in [2.45, 2.75) is 6.54 Å². The molecule has 3 N–H and O–H groups in total. The van der Waals surface area contributed by atoms with E-state index in [2.05, 4.69) is 10.4 Å². The van der Waals surface area contributed by atoms with Gasteiger partial charge in [0.2, 0.25) is 0 Å². The Balaban J connectivity index is 1.75. The standard InChI is InChI=1S/C14H14N4OS/c1-18-8-9(7-17-18)6-16-14(19)13-5-10-4-11(15)2-3-12(10)20-13/h2-5,7-8H,6,15H2,1H3,(H,16,19). The summed E-state index contributed by atoms with van der Waals surface area (Å²) in [5.74, 6) is -0.0753. The minimum atomic E-state index is -0.0753. The molecule has 1 aromatic carbocycles. The highest BCUT2D eigenvalue weighted by Crippen LogP contribution is 2.27. The molecule has 102 valence electrons. The fourth-order valence-electron chi connectivity index (χ4n) is 2.01. The van der Waals surface area contributed by atoms with Crippen LogP contribution in [0.2, 0.25) is 0 Å². The van der Waals surface area contributed by atoms with Gasteiger partial charge in [-0.3, -0.25) is 9.48 Å². The number of nitrogen functional groups attached to an aromatic ring is 1. The predicted octanol–water partition coefficient (Wildman–Crippen LogP) is 2.15. The van der Waals surface area contributed by atoms with Crippen LogP contribution in [0.15, 0.2) is 36.7 Å². The Labute approximate surface area is 120 Å². The van der Waals surface area contributed by atoms with E-state index in [1.165, 1.54) is 11.3 Å². The number of carbonyl (C=O) groups is 1. The van der Waals surface area contributed by atoms with Gasteiger partial charge in [0.1, 0.15) is 0 Å². The molecule has 0 unspecified atom stereocenters. The third-order valence-electron chi connectivity index (χ3n) is 2.98. The van der Waals surface area contributed by atoms with Crippen molar-refractivity contribution in [1.29, 1.82) is 0 Å². The summed E-state index contributed by atoms with van der Waals surface area (Å²) in [6.07, 6.45) is 3.62. The largest absolute Gasteiger partial charge is 0.399 e. The van der Waals surface area contributed by atoms with Crippen LogP contribution in [0.4, 0.5) is 5.69 Å². The second-order valence-electron chi connectivity index (χ2n) is 4.61. The zero-order valence-corrected chi connectivity index (χ0v) is 11.8. The first kappa shape index (κ1) is 12.7. The number of benzene rings is 1. The Hall–Kier alpha value is -2.34. The number of nitrogens with one attached hydrogen (secondary N) is 1. The van der Waals surface area contributed by atoms with Crippen LogP contribution in [0.25, 0.3) is 10.1 Å². The molecule has 0 spiro atoms. The van der Waals surface area contributed by atoms with E-state index in [-0.39, 0.29) is 5.91 Å². The SMILES string of the molecule is Cn1cc(CNC(=O)c2cc3cc(N)ccc3s2)cn1. The lowest BCUT2D eigenvalue weighted by molar-refractivity contribution is 0.0955. The lowest BCUT2D eigenvalue weighted by Gasteiger charge is -2.00. The van der Waals surface area contributed by atoms with Gasteiger partial charge >= 0.3 is 0 Å². The number of nitrogens with two attached hydrogens (primary N) is 1.